The van der Waals surface area contributed by atoms with E-state index >= 15 is 0 Å². The number of aromatic amines is 1. The molecule has 0 amide bonds. The van der Waals surface area contributed by atoms with Gasteiger partial charge in [0.1, 0.15) is 0 Å². The van der Waals surface area contributed by atoms with E-state index in [4.69, 9.17) is 39.5 Å². The van der Waals surface area contributed by atoms with Gasteiger partial charge in [-0.15, -0.1) is 0 Å². The fourth-order valence-electron chi connectivity index (χ4n) is 2.17. The molecule has 0 aliphatic rings. The first kappa shape index (κ1) is 17.4. The summed E-state index contributed by atoms with van der Waals surface area (Å²) in [6.45, 7) is 0. The van der Waals surface area contributed by atoms with Crippen LogP contribution in [0.4, 0.5) is 0 Å². The zero-order valence-corrected chi connectivity index (χ0v) is 15.5. The summed E-state index contributed by atoms with van der Waals surface area (Å²) in [4.78, 5) is 19.5. The number of thioether (sulfide) groups is 1. The number of aromatic nitrogens is 2. The van der Waals surface area contributed by atoms with E-state index in [-0.39, 0.29) is 0 Å². The molecular weight excluding hydrogens is 391 g/mol. The number of hydrogen-bond donors (Lipinski definition) is 1. The highest BCUT2D eigenvalue weighted by Gasteiger charge is 2.14. The van der Waals surface area contributed by atoms with Gasteiger partial charge in [0, 0.05) is 10.8 Å². The Labute approximate surface area is 157 Å². The normalized spacial score (nSPS) is 11.0. The maximum Gasteiger partial charge on any atom is 0.338 e. The van der Waals surface area contributed by atoms with Crippen LogP contribution in [0, 0.1) is 0 Å². The molecule has 0 saturated heterocycles. The number of nitrogens with one attached hydrogen (secondary N) is 1. The third-order valence-corrected chi connectivity index (χ3v) is 5.22. The smallest absolute Gasteiger partial charge is 0.338 e. The van der Waals surface area contributed by atoms with Crippen LogP contribution in [0.1, 0.15) is 15.9 Å². The minimum Gasteiger partial charge on any atom is -0.465 e. The summed E-state index contributed by atoms with van der Waals surface area (Å²) in [6.07, 6.45) is 0. The van der Waals surface area contributed by atoms with Crippen LogP contribution in [-0.4, -0.2) is 23.0 Å². The summed E-state index contributed by atoms with van der Waals surface area (Å²) < 4.78 is 4.80. The van der Waals surface area contributed by atoms with Gasteiger partial charge in [-0.2, -0.15) is 0 Å². The molecule has 0 aliphatic heterocycles. The first-order valence-corrected chi connectivity index (χ1v) is 8.94. The predicted molar refractivity (Wildman–Crippen MR) is 98.5 cm³/mol. The Morgan fingerprint density at radius 3 is 2.71 bits per heavy atom. The average molecular weight is 402 g/mol. The number of halogens is 3. The second kappa shape index (κ2) is 7.23. The number of carbonyl (C=O) groups is 1. The minimum absolute atomic E-state index is 0.420. The quantitative estimate of drug-likeness (QED) is 0.456. The fourth-order valence-corrected chi connectivity index (χ4v) is 3.55. The largest absolute Gasteiger partial charge is 0.465 e. The number of carbonyl (C=O) groups excluding carboxylic acids is 1. The third-order valence-electron chi connectivity index (χ3n) is 3.34. The Bertz CT molecular complexity index is 888. The Morgan fingerprint density at radius 1 is 1.21 bits per heavy atom. The van der Waals surface area contributed by atoms with Gasteiger partial charge in [0.2, 0.25) is 0 Å². The molecule has 0 saturated carbocycles. The number of methoxy groups -OCH3 is 1. The van der Waals surface area contributed by atoms with Gasteiger partial charge in [-0.3, -0.25) is 0 Å². The predicted octanol–water partition coefficient (Wildman–Crippen LogP) is 5.60. The Hall–Kier alpha value is -1.40. The number of H-pyrrole nitrogens is 1. The Kier molecular flexibility index (Phi) is 5.25. The van der Waals surface area contributed by atoms with E-state index in [1.54, 1.807) is 30.3 Å². The topological polar surface area (TPSA) is 55.0 Å². The maximum absolute atomic E-state index is 11.9. The Morgan fingerprint density at radius 2 is 1.96 bits per heavy atom. The van der Waals surface area contributed by atoms with Crippen LogP contribution >= 0.6 is 46.6 Å². The number of benzene rings is 2. The number of fused-ring (bicyclic) bond motifs is 1. The van der Waals surface area contributed by atoms with E-state index in [0.717, 1.165) is 16.6 Å². The highest BCUT2D eigenvalue weighted by atomic mass is 35.5. The molecule has 3 rings (SSSR count). The van der Waals surface area contributed by atoms with Crippen molar-refractivity contribution in [2.45, 2.75) is 10.9 Å². The Balaban J connectivity index is 1.84. The van der Waals surface area contributed by atoms with Crippen molar-refractivity contribution in [2.24, 2.45) is 0 Å². The van der Waals surface area contributed by atoms with Gasteiger partial charge in [-0.25, -0.2) is 9.78 Å². The molecule has 0 aliphatic carbocycles. The number of esters is 1. The summed E-state index contributed by atoms with van der Waals surface area (Å²) >= 11 is 19.4. The van der Waals surface area contributed by atoms with Crippen molar-refractivity contribution >= 4 is 63.6 Å². The number of hydrogen-bond acceptors (Lipinski definition) is 4. The summed E-state index contributed by atoms with van der Waals surface area (Å²) in [5, 5.41) is 2.11. The van der Waals surface area contributed by atoms with Crippen molar-refractivity contribution in [1.29, 1.82) is 0 Å². The summed E-state index contributed by atoms with van der Waals surface area (Å²) in [5.41, 5.74) is 2.79. The molecule has 0 bridgehead atoms. The van der Waals surface area contributed by atoms with E-state index in [1.807, 2.05) is 0 Å². The molecule has 0 unspecified atom stereocenters. The monoisotopic (exact) mass is 400 g/mol. The van der Waals surface area contributed by atoms with Gasteiger partial charge in [-0.1, -0.05) is 52.6 Å². The molecule has 0 atom stereocenters. The molecule has 1 N–H and O–H groups in total. The summed E-state index contributed by atoms with van der Waals surface area (Å²) in [6, 6.07) is 8.59. The van der Waals surface area contributed by atoms with Crippen molar-refractivity contribution in [1.82, 2.24) is 9.97 Å². The lowest BCUT2D eigenvalue weighted by Crippen LogP contribution is -2.05. The lowest BCUT2D eigenvalue weighted by atomic mass is 10.1. The van der Waals surface area contributed by atoms with Gasteiger partial charge >= 0.3 is 5.97 Å². The summed E-state index contributed by atoms with van der Waals surface area (Å²) in [7, 11) is 1.34. The van der Waals surface area contributed by atoms with E-state index < -0.39 is 5.97 Å². The average Bonchev–Trinajstić information content (AvgIpc) is 2.95. The SMILES string of the molecule is COC(=O)c1cc(Cl)ccc1CSc1nc2cc(Cl)c(Cl)cc2[nH]1. The van der Waals surface area contributed by atoms with Crippen molar-refractivity contribution in [3.8, 4) is 0 Å². The molecule has 2 aromatic carbocycles. The van der Waals surface area contributed by atoms with Gasteiger partial charge in [0.15, 0.2) is 5.16 Å². The van der Waals surface area contributed by atoms with Crippen LogP contribution in [-0.2, 0) is 10.5 Å². The third kappa shape index (κ3) is 3.64. The minimum atomic E-state index is -0.420. The van der Waals surface area contributed by atoms with Crippen LogP contribution in [0.15, 0.2) is 35.5 Å². The molecule has 3 aromatic rings. The highest BCUT2D eigenvalue weighted by molar-refractivity contribution is 7.98. The second-order valence-electron chi connectivity index (χ2n) is 4.91. The number of imidazole rings is 1. The molecule has 4 nitrogen and oxygen atoms in total. The van der Waals surface area contributed by atoms with Crippen LogP contribution in [0.5, 0.6) is 0 Å². The van der Waals surface area contributed by atoms with E-state index in [0.29, 0.717) is 31.5 Å². The highest BCUT2D eigenvalue weighted by Crippen LogP contribution is 2.30. The van der Waals surface area contributed by atoms with Crippen LogP contribution in [0.2, 0.25) is 15.1 Å². The molecule has 1 aromatic heterocycles. The van der Waals surface area contributed by atoms with Crippen LogP contribution in [0.3, 0.4) is 0 Å². The van der Waals surface area contributed by atoms with E-state index in [1.165, 1.54) is 18.9 Å². The molecule has 24 heavy (non-hydrogen) atoms. The van der Waals surface area contributed by atoms with Gasteiger partial charge in [0.25, 0.3) is 0 Å². The van der Waals surface area contributed by atoms with E-state index in [2.05, 4.69) is 9.97 Å². The summed E-state index contributed by atoms with van der Waals surface area (Å²) in [5.74, 6) is 0.111. The zero-order chi connectivity index (χ0) is 17.3. The lowest BCUT2D eigenvalue weighted by molar-refractivity contribution is 0.0600. The molecule has 124 valence electrons. The number of rotatable bonds is 4. The van der Waals surface area contributed by atoms with Crippen molar-refractivity contribution in [3.05, 3.63) is 56.5 Å². The van der Waals surface area contributed by atoms with Gasteiger partial charge in [-0.05, 0) is 29.8 Å². The number of nitrogens with zero attached hydrogens (tertiary/aromatic N) is 1. The fraction of sp³-hybridized carbons (Fsp3) is 0.125. The first-order chi connectivity index (χ1) is 11.5. The van der Waals surface area contributed by atoms with Crippen molar-refractivity contribution in [2.75, 3.05) is 7.11 Å². The standard InChI is InChI=1S/C16H11Cl3N2O2S/c1-23-15(22)10-4-9(17)3-2-8(10)7-24-16-20-13-5-11(18)12(19)6-14(13)21-16/h2-6H,7H2,1H3,(H,20,21). The van der Waals surface area contributed by atoms with Crippen molar-refractivity contribution < 1.29 is 9.53 Å². The number of ether oxygens (including phenoxy) is 1. The maximum atomic E-state index is 11.9. The lowest BCUT2D eigenvalue weighted by Gasteiger charge is -2.07. The van der Waals surface area contributed by atoms with Crippen LogP contribution in [0.25, 0.3) is 11.0 Å². The molecule has 8 heteroatoms. The molecule has 0 spiro atoms. The molecule has 1 heterocycles. The van der Waals surface area contributed by atoms with Gasteiger partial charge in [0.05, 0.1) is 33.8 Å². The van der Waals surface area contributed by atoms with Crippen LogP contribution < -0.4 is 0 Å². The molecule has 0 fully saturated rings. The van der Waals surface area contributed by atoms with E-state index in [9.17, 15) is 4.79 Å². The first-order valence-electron chi connectivity index (χ1n) is 6.82. The second-order valence-corrected chi connectivity index (χ2v) is 7.12. The molecule has 0 radical (unpaired) electrons. The molecular formula is C16H11Cl3N2O2S. The van der Waals surface area contributed by atoms with Gasteiger partial charge < -0.3 is 9.72 Å². The zero-order valence-electron chi connectivity index (χ0n) is 12.4. The van der Waals surface area contributed by atoms with Crippen molar-refractivity contribution in [3.63, 3.8) is 0 Å².